The highest BCUT2D eigenvalue weighted by Gasteiger charge is 2.47. The normalized spacial score (nSPS) is 19.9. The van der Waals surface area contributed by atoms with Gasteiger partial charge in [0.15, 0.2) is 0 Å². The van der Waals surface area contributed by atoms with Gasteiger partial charge in [0, 0.05) is 0 Å². The lowest BCUT2D eigenvalue weighted by Gasteiger charge is -2.27. The number of nitrogens with zero attached hydrogens (tertiary/aromatic N) is 2. The molecule has 1 aromatic carbocycles. The highest BCUT2D eigenvalue weighted by atomic mass is 32.3. The average Bonchev–Trinajstić information content (AvgIpc) is 2.74. The van der Waals surface area contributed by atoms with Crippen LogP contribution in [0.3, 0.4) is 0 Å². The van der Waals surface area contributed by atoms with E-state index in [1.54, 1.807) is 6.07 Å². The van der Waals surface area contributed by atoms with E-state index in [9.17, 15) is 22.4 Å². The molecule has 6 nitrogen and oxygen atoms in total. The summed E-state index contributed by atoms with van der Waals surface area (Å²) in [6, 6.07) is 7.24. The minimum absolute atomic E-state index is 0.186. The first-order chi connectivity index (χ1) is 14.3. The standard InChI is InChI=1S/C22H34N2O4S2/c1-2-3-4-5-6-7-9-12-19-15-17-21(18-16-19)30(27,28)22(24-23)29(25,26)20-13-10-8-11-14-20/h8,10-11,13-14,19,21H,2-7,9,12,15-18H2,1H3. The van der Waals surface area contributed by atoms with Crippen LogP contribution in [0.2, 0.25) is 0 Å². The summed E-state index contributed by atoms with van der Waals surface area (Å²) < 4.78 is 50.2. The molecule has 1 saturated carbocycles. The van der Waals surface area contributed by atoms with Crippen molar-refractivity contribution >= 4 is 24.1 Å². The van der Waals surface area contributed by atoms with E-state index < -0.39 is 29.3 Å². The monoisotopic (exact) mass is 454 g/mol. The molecule has 1 fully saturated rings. The zero-order valence-corrected chi connectivity index (χ0v) is 19.5. The molecule has 0 aromatic heterocycles. The second-order valence-corrected chi connectivity index (χ2v) is 12.5. The maximum Gasteiger partial charge on any atom is 0.499 e. The van der Waals surface area contributed by atoms with Crippen molar-refractivity contribution in [3.05, 3.63) is 35.9 Å². The Hall–Kier alpha value is -1.50. The number of sulfone groups is 2. The largest absolute Gasteiger partial charge is 0.499 e. The van der Waals surface area contributed by atoms with Gasteiger partial charge >= 0.3 is 4.38 Å². The molecule has 168 valence electrons. The van der Waals surface area contributed by atoms with Gasteiger partial charge in [-0.05, 0) is 43.7 Å². The number of hydrogen-bond acceptors (Lipinski definition) is 4. The first-order valence-corrected chi connectivity index (χ1v) is 14.1. The van der Waals surface area contributed by atoms with E-state index >= 15 is 0 Å². The van der Waals surface area contributed by atoms with E-state index in [-0.39, 0.29) is 4.90 Å². The van der Waals surface area contributed by atoms with Crippen molar-refractivity contribution in [3.63, 3.8) is 0 Å². The molecule has 0 radical (unpaired) electrons. The molecule has 0 spiro atoms. The molecular weight excluding hydrogens is 420 g/mol. The van der Waals surface area contributed by atoms with Crippen LogP contribution in [0, 0.1) is 5.92 Å². The molecule has 30 heavy (non-hydrogen) atoms. The Morgan fingerprint density at radius 1 is 0.900 bits per heavy atom. The molecule has 0 heterocycles. The van der Waals surface area contributed by atoms with Gasteiger partial charge < -0.3 is 5.53 Å². The Bertz CT molecular complexity index is 913. The molecule has 1 aromatic rings. The van der Waals surface area contributed by atoms with Gasteiger partial charge in [-0.25, -0.2) is 16.8 Å². The third kappa shape index (κ3) is 6.50. The lowest BCUT2D eigenvalue weighted by molar-refractivity contribution is 0.00368. The Morgan fingerprint density at radius 2 is 1.47 bits per heavy atom. The van der Waals surface area contributed by atoms with Gasteiger partial charge in [-0.2, -0.15) is 0 Å². The first kappa shape index (κ1) is 24.8. The van der Waals surface area contributed by atoms with Gasteiger partial charge in [0.1, 0.15) is 0 Å². The van der Waals surface area contributed by atoms with Crippen LogP contribution in [-0.2, 0) is 19.7 Å². The number of benzene rings is 1. The van der Waals surface area contributed by atoms with Gasteiger partial charge in [-0.15, -0.1) is 4.79 Å². The molecule has 0 unspecified atom stereocenters. The molecule has 1 aliphatic carbocycles. The molecule has 0 atom stereocenters. The fraction of sp³-hybridized carbons (Fsp3) is 0.682. The third-order valence-corrected chi connectivity index (χ3v) is 10.8. The molecule has 0 saturated heterocycles. The lowest BCUT2D eigenvalue weighted by Crippen LogP contribution is -2.36. The van der Waals surface area contributed by atoms with Crippen molar-refractivity contribution in [2.45, 2.75) is 94.1 Å². The van der Waals surface area contributed by atoms with Crippen LogP contribution in [0.15, 0.2) is 35.2 Å². The van der Waals surface area contributed by atoms with Crippen LogP contribution in [-0.4, -0.2) is 31.3 Å². The summed E-state index contributed by atoms with van der Waals surface area (Å²) in [6.07, 6.45) is 12.3. The van der Waals surface area contributed by atoms with Crippen LogP contribution in [0.25, 0.3) is 5.53 Å². The molecule has 0 bridgehead atoms. The van der Waals surface area contributed by atoms with Gasteiger partial charge in [-0.1, -0.05) is 76.5 Å². The highest BCUT2D eigenvalue weighted by molar-refractivity contribution is 8.31. The quantitative estimate of drug-likeness (QED) is 0.160. The van der Waals surface area contributed by atoms with Crippen molar-refractivity contribution in [2.24, 2.45) is 5.92 Å². The summed E-state index contributed by atoms with van der Waals surface area (Å²) in [6.45, 7) is 2.21. The number of unbranched alkanes of at least 4 members (excludes halogenated alkanes) is 6. The summed E-state index contributed by atoms with van der Waals surface area (Å²) in [5, 5.41) is -0.813. The van der Waals surface area contributed by atoms with E-state index in [4.69, 9.17) is 0 Å². The molecule has 0 amide bonds. The summed E-state index contributed by atoms with van der Waals surface area (Å²) in [7, 11) is -8.62. The summed E-state index contributed by atoms with van der Waals surface area (Å²) in [5.41, 5.74) is 9.29. The maximum absolute atomic E-state index is 13.0. The first-order valence-electron chi connectivity index (χ1n) is 11.1. The second kappa shape index (κ2) is 11.8. The van der Waals surface area contributed by atoms with Crippen LogP contribution in [0.5, 0.6) is 0 Å². The van der Waals surface area contributed by atoms with Crippen molar-refractivity contribution < 1.29 is 21.6 Å². The van der Waals surface area contributed by atoms with Crippen molar-refractivity contribution in [1.82, 2.24) is 0 Å². The van der Waals surface area contributed by atoms with E-state index in [0.717, 1.165) is 19.3 Å². The lowest BCUT2D eigenvalue weighted by atomic mass is 9.85. The fourth-order valence-corrected chi connectivity index (χ4v) is 8.26. The van der Waals surface area contributed by atoms with Gasteiger partial charge in [-0.3, -0.25) is 0 Å². The fourth-order valence-electron chi connectivity index (χ4n) is 4.23. The molecule has 0 aliphatic heterocycles. The minimum Gasteiger partial charge on any atom is -0.359 e. The second-order valence-electron chi connectivity index (χ2n) is 8.28. The number of rotatable bonds is 10. The van der Waals surface area contributed by atoms with Crippen molar-refractivity contribution in [1.29, 1.82) is 0 Å². The van der Waals surface area contributed by atoms with Gasteiger partial charge in [0.25, 0.3) is 19.7 Å². The van der Waals surface area contributed by atoms with Crippen LogP contribution >= 0.6 is 0 Å². The van der Waals surface area contributed by atoms with Gasteiger partial charge in [0.2, 0.25) is 0 Å². The zero-order valence-electron chi connectivity index (χ0n) is 17.9. The van der Waals surface area contributed by atoms with Crippen LogP contribution in [0.4, 0.5) is 0 Å². The summed E-state index contributed by atoms with van der Waals surface area (Å²) >= 11 is 0. The molecule has 8 heteroatoms. The third-order valence-electron chi connectivity index (χ3n) is 6.06. The van der Waals surface area contributed by atoms with E-state index in [0.29, 0.717) is 18.8 Å². The highest BCUT2D eigenvalue weighted by Crippen LogP contribution is 2.33. The Balaban J connectivity index is 1.90. The number of hydrogen-bond donors (Lipinski definition) is 0. The van der Waals surface area contributed by atoms with Gasteiger partial charge in [0.05, 0.1) is 10.1 Å². The van der Waals surface area contributed by atoms with E-state index in [1.807, 2.05) is 0 Å². The average molecular weight is 455 g/mol. The Labute approximate surface area is 181 Å². The summed E-state index contributed by atoms with van der Waals surface area (Å²) in [5.74, 6) is 0.493. The summed E-state index contributed by atoms with van der Waals surface area (Å²) in [4.78, 5) is 2.55. The van der Waals surface area contributed by atoms with Crippen LogP contribution < -0.4 is 0 Å². The van der Waals surface area contributed by atoms with E-state index in [1.165, 1.54) is 69.2 Å². The smallest absolute Gasteiger partial charge is 0.359 e. The maximum atomic E-state index is 13.0. The predicted octanol–water partition coefficient (Wildman–Crippen LogP) is 5.16. The zero-order chi connectivity index (χ0) is 22.0. The Morgan fingerprint density at radius 3 is 2.03 bits per heavy atom. The van der Waals surface area contributed by atoms with Crippen LogP contribution in [0.1, 0.15) is 84.0 Å². The molecular formula is C22H34N2O4S2. The SMILES string of the molecule is CCCCCCCCCC1CCC(S(=O)(=O)C(=[N+]=[N-])S(=O)(=O)c2ccccc2)CC1. The molecule has 0 N–H and O–H groups in total. The Kier molecular flexibility index (Phi) is 9.72. The van der Waals surface area contributed by atoms with Crippen molar-refractivity contribution in [2.75, 3.05) is 0 Å². The molecule has 2 rings (SSSR count). The van der Waals surface area contributed by atoms with Crippen molar-refractivity contribution in [3.8, 4) is 0 Å². The van der Waals surface area contributed by atoms with E-state index in [2.05, 4.69) is 11.7 Å². The molecule has 1 aliphatic rings. The minimum atomic E-state index is -4.39. The topological polar surface area (TPSA) is 105 Å². The predicted molar refractivity (Wildman–Crippen MR) is 120 cm³/mol.